The number of nitrogens with one attached hydrogen (secondary N) is 1. The van der Waals surface area contributed by atoms with Gasteiger partial charge in [0.2, 0.25) is 5.91 Å². The quantitative estimate of drug-likeness (QED) is 0.0320. The highest BCUT2D eigenvalue weighted by molar-refractivity contribution is 5.76. The van der Waals surface area contributed by atoms with Gasteiger partial charge in [0.05, 0.1) is 25.4 Å². The molecule has 0 aliphatic rings. The number of carbonyl (C=O) groups is 2. The molecule has 0 aliphatic carbocycles. The number of aliphatic hydroxyl groups is 2. The van der Waals surface area contributed by atoms with E-state index in [9.17, 15) is 19.8 Å². The number of hydrogen-bond donors (Lipinski definition) is 3. The average Bonchev–Trinajstić information content (AvgIpc) is 3.59. The lowest BCUT2D eigenvalue weighted by molar-refractivity contribution is -0.143. The van der Waals surface area contributed by atoms with E-state index >= 15 is 0 Å². The Kier molecular flexibility index (Phi) is 76.8. The van der Waals surface area contributed by atoms with Crippen LogP contribution in [0.3, 0.4) is 0 Å². The molecule has 3 N–H and O–H groups in total. The van der Waals surface area contributed by atoms with Crippen LogP contribution in [0.5, 0.6) is 0 Å². The van der Waals surface area contributed by atoms with Gasteiger partial charge in [0.1, 0.15) is 0 Å². The van der Waals surface area contributed by atoms with Gasteiger partial charge in [0, 0.05) is 12.8 Å². The Balaban J connectivity index is 3.29. The highest BCUT2D eigenvalue weighted by Crippen LogP contribution is 2.20. The van der Waals surface area contributed by atoms with Crippen LogP contribution in [0.25, 0.3) is 0 Å². The van der Waals surface area contributed by atoms with Crippen molar-refractivity contribution in [2.75, 3.05) is 13.2 Å². The lowest BCUT2D eigenvalue weighted by Crippen LogP contribution is -2.45. The minimum Gasteiger partial charge on any atom is -0.466 e. The third-order valence-electron chi connectivity index (χ3n) is 19.2. The third kappa shape index (κ3) is 75.0. The van der Waals surface area contributed by atoms with E-state index in [1.54, 1.807) is 6.08 Å². The van der Waals surface area contributed by atoms with Crippen LogP contribution in [0.4, 0.5) is 0 Å². The van der Waals surface area contributed by atoms with E-state index in [-0.39, 0.29) is 18.5 Å². The summed E-state index contributed by atoms with van der Waals surface area (Å²) in [4.78, 5) is 24.6. The molecule has 0 aromatic heterocycles. The molecule has 0 saturated heterocycles. The SMILES string of the molecule is CCCCCC/C=C\C/C=C\CCCCCCCCCC(=O)OCCCCCCCCCCCCCCCCCCCCCCCCCCCCCCCCCCCCCCCCCC(=O)NC(CO)C(O)/C=C/CCCCCCCCCCCCCCC. The maximum atomic E-state index is 12.5. The van der Waals surface area contributed by atoms with Gasteiger partial charge in [-0.3, -0.25) is 9.59 Å². The van der Waals surface area contributed by atoms with E-state index in [2.05, 4.69) is 43.5 Å². The van der Waals surface area contributed by atoms with E-state index in [0.717, 1.165) is 51.4 Å². The molecular formula is C83H159NO5. The predicted octanol–water partition coefficient (Wildman–Crippen LogP) is 27.0. The Morgan fingerprint density at radius 1 is 0.315 bits per heavy atom. The number of amides is 1. The van der Waals surface area contributed by atoms with Crippen molar-refractivity contribution in [2.24, 2.45) is 0 Å². The zero-order valence-electron chi connectivity index (χ0n) is 60.4. The molecule has 2 atom stereocenters. The molecule has 6 heteroatoms. The third-order valence-corrected chi connectivity index (χ3v) is 19.2. The summed E-state index contributed by atoms with van der Waals surface area (Å²) >= 11 is 0. The normalized spacial score (nSPS) is 12.6. The monoisotopic (exact) mass is 1250 g/mol. The molecule has 526 valence electrons. The van der Waals surface area contributed by atoms with Crippen molar-refractivity contribution >= 4 is 11.9 Å². The summed E-state index contributed by atoms with van der Waals surface area (Å²) in [6, 6.07) is -0.623. The van der Waals surface area contributed by atoms with Crippen molar-refractivity contribution in [1.82, 2.24) is 5.32 Å². The number of aliphatic hydroxyl groups excluding tert-OH is 2. The minimum atomic E-state index is -0.840. The van der Waals surface area contributed by atoms with E-state index in [0.29, 0.717) is 19.4 Å². The second kappa shape index (κ2) is 78.5. The first kappa shape index (κ1) is 87.1. The van der Waals surface area contributed by atoms with Crippen molar-refractivity contribution in [3.63, 3.8) is 0 Å². The van der Waals surface area contributed by atoms with Crippen LogP contribution in [-0.2, 0) is 14.3 Å². The number of esters is 1. The number of carbonyl (C=O) groups excluding carboxylic acids is 2. The lowest BCUT2D eigenvalue weighted by Gasteiger charge is -2.20. The standard InChI is InChI=1S/C83H159NO5/c1-3-5-7-9-11-13-15-17-19-20-45-49-53-57-61-65-69-73-77-83(88)89-78-74-70-66-62-58-54-50-46-43-41-39-37-35-33-31-29-27-25-23-21-22-24-26-28-30-32-34-36-38-40-42-44-48-52-56-60-64-68-72-76-82(87)84-80(79-85)81(86)75-71-67-63-59-55-51-47-18-16-14-12-10-8-6-4-2/h13,15,19-20,71,75,80-81,85-86H,3-12,14,16-18,21-70,72-74,76-79H2,1-2H3,(H,84,87)/b15-13-,20-19-,75-71+. The Morgan fingerprint density at radius 2 is 0.562 bits per heavy atom. The zero-order chi connectivity index (χ0) is 64.2. The van der Waals surface area contributed by atoms with E-state index in [4.69, 9.17) is 4.74 Å². The van der Waals surface area contributed by atoms with Gasteiger partial charge in [-0.15, -0.1) is 0 Å². The number of allylic oxidation sites excluding steroid dienone is 5. The Morgan fingerprint density at radius 3 is 0.865 bits per heavy atom. The lowest BCUT2D eigenvalue weighted by atomic mass is 10.0. The maximum Gasteiger partial charge on any atom is 0.305 e. The summed E-state index contributed by atoms with van der Waals surface area (Å²) in [6.45, 7) is 4.93. The van der Waals surface area contributed by atoms with E-state index in [1.807, 2.05) is 6.08 Å². The first-order chi connectivity index (χ1) is 44.0. The van der Waals surface area contributed by atoms with Crippen LogP contribution in [0.2, 0.25) is 0 Å². The molecule has 6 nitrogen and oxygen atoms in total. The van der Waals surface area contributed by atoms with Crippen LogP contribution >= 0.6 is 0 Å². The molecule has 0 spiro atoms. The molecule has 0 aromatic carbocycles. The smallest absolute Gasteiger partial charge is 0.305 e. The zero-order valence-corrected chi connectivity index (χ0v) is 60.4. The largest absolute Gasteiger partial charge is 0.466 e. The van der Waals surface area contributed by atoms with Gasteiger partial charge in [-0.1, -0.05) is 416 Å². The molecule has 0 rings (SSSR count). The van der Waals surface area contributed by atoms with Gasteiger partial charge in [0.15, 0.2) is 0 Å². The molecule has 2 unspecified atom stereocenters. The van der Waals surface area contributed by atoms with Crippen molar-refractivity contribution in [3.8, 4) is 0 Å². The second-order valence-corrected chi connectivity index (χ2v) is 28.1. The highest BCUT2D eigenvalue weighted by Gasteiger charge is 2.18. The first-order valence-electron chi connectivity index (χ1n) is 40.8. The molecule has 0 aromatic rings. The molecule has 0 saturated carbocycles. The van der Waals surface area contributed by atoms with Crippen LogP contribution in [0, 0.1) is 0 Å². The molecule has 0 fully saturated rings. The number of unbranched alkanes of at least 4 members (excludes halogenated alkanes) is 62. The van der Waals surface area contributed by atoms with Gasteiger partial charge in [-0.2, -0.15) is 0 Å². The highest BCUT2D eigenvalue weighted by atomic mass is 16.5. The first-order valence-corrected chi connectivity index (χ1v) is 40.8. The molecule has 0 radical (unpaired) electrons. The molecule has 89 heavy (non-hydrogen) atoms. The summed E-state index contributed by atoms with van der Waals surface area (Å²) in [6.07, 6.45) is 103. The Labute approximate surface area is 557 Å². The predicted molar refractivity (Wildman–Crippen MR) is 393 cm³/mol. The average molecular weight is 1250 g/mol. The number of hydrogen-bond acceptors (Lipinski definition) is 5. The van der Waals surface area contributed by atoms with Gasteiger partial charge >= 0.3 is 5.97 Å². The van der Waals surface area contributed by atoms with Crippen LogP contribution < -0.4 is 5.32 Å². The fourth-order valence-electron chi connectivity index (χ4n) is 13.0. The maximum absolute atomic E-state index is 12.5. The Hall–Kier alpha value is -1.92. The van der Waals surface area contributed by atoms with Gasteiger partial charge in [0.25, 0.3) is 0 Å². The minimum absolute atomic E-state index is 0.0172. The second-order valence-electron chi connectivity index (χ2n) is 28.1. The summed E-state index contributed by atoms with van der Waals surface area (Å²) in [7, 11) is 0. The molecule has 1 amide bonds. The van der Waals surface area contributed by atoms with Crippen molar-refractivity contribution < 1.29 is 24.5 Å². The van der Waals surface area contributed by atoms with E-state index in [1.165, 1.54) is 379 Å². The summed E-state index contributed by atoms with van der Waals surface area (Å²) < 4.78 is 5.51. The fourth-order valence-corrected chi connectivity index (χ4v) is 13.0. The van der Waals surface area contributed by atoms with Crippen molar-refractivity contribution in [1.29, 1.82) is 0 Å². The molecule has 0 bridgehead atoms. The Bertz CT molecular complexity index is 1440. The van der Waals surface area contributed by atoms with Crippen LogP contribution in [-0.4, -0.2) is 47.4 Å². The summed E-state index contributed by atoms with van der Waals surface area (Å²) in [5, 5.41) is 23.2. The topological polar surface area (TPSA) is 95.9 Å². The number of ether oxygens (including phenoxy) is 1. The van der Waals surface area contributed by atoms with Gasteiger partial charge < -0.3 is 20.3 Å². The van der Waals surface area contributed by atoms with Gasteiger partial charge in [-0.25, -0.2) is 0 Å². The molecular weight excluding hydrogens is 1090 g/mol. The molecule has 0 aliphatic heterocycles. The van der Waals surface area contributed by atoms with Crippen LogP contribution in [0.1, 0.15) is 457 Å². The van der Waals surface area contributed by atoms with Crippen molar-refractivity contribution in [3.05, 3.63) is 36.5 Å². The summed E-state index contributed by atoms with van der Waals surface area (Å²) in [5.41, 5.74) is 0. The van der Waals surface area contributed by atoms with E-state index < -0.39 is 12.1 Å². The summed E-state index contributed by atoms with van der Waals surface area (Å²) in [5.74, 6) is -0.0418. The molecule has 0 heterocycles. The number of rotatable bonds is 77. The van der Waals surface area contributed by atoms with Crippen LogP contribution in [0.15, 0.2) is 36.5 Å². The van der Waals surface area contributed by atoms with Crippen molar-refractivity contribution in [2.45, 2.75) is 469 Å². The van der Waals surface area contributed by atoms with Gasteiger partial charge in [-0.05, 0) is 64.2 Å². The fraction of sp³-hybridized carbons (Fsp3) is 0.904.